The molecule has 2 aromatic rings. The van der Waals surface area contributed by atoms with E-state index >= 15 is 0 Å². The van der Waals surface area contributed by atoms with Crippen LogP contribution < -0.4 is 0 Å². The second-order valence-corrected chi connectivity index (χ2v) is 6.35. The van der Waals surface area contributed by atoms with E-state index in [1.54, 1.807) is 4.90 Å². The summed E-state index contributed by atoms with van der Waals surface area (Å²) in [5, 5.41) is 0. The van der Waals surface area contributed by atoms with Crippen molar-refractivity contribution in [3.05, 3.63) is 70.8 Å². The Bertz CT molecular complexity index is 758. The molecule has 2 aromatic carbocycles. The SMILES string of the molecule is O=C(CCl)N1CCc2ccccc2C1Cc1ccc(C(F)(F)F)cc1. The number of hydrogen-bond donors (Lipinski definition) is 0. The molecule has 1 atom stereocenters. The van der Waals surface area contributed by atoms with Gasteiger partial charge in [0.2, 0.25) is 5.91 Å². The summed E-state index contributed by atoms with van der Waals surface area (Å²) < 4.78 is 38.2. The minimum absolute atomic E-state index is 0.105. The smallest absolute Gasteiger partial charge is 0.334 e. The zero-order valence-electron chi connectivity index (χ0n) is 13.4. The lowest BCUT2D eigenvalue weighted by Gasteiger charge is -2.37. The normalized spacial score (nSPS) is 17.3. The highest BCUT2D eigenvalue weighted by atomic mass is 35.5. The summed E-state index contributed by atoms with van der Waals surface area (Å²) in [7, 11) is 0. The Balaban J connectivity index is 1.90. The van der Waals surface area contributed by atoms with Gasteiger partial charge in [-0.3, -0.25) is 4.79 Å². The molecule has 132 valence electrons. The number of carbonyl (C=O) groups excluding carboxylic acids is 1. The molecular formula is C19H17ClF3NO. The third-order valence-electron chi connectivity index (χ3n) is 4.56. The van der Waals surface area contributed by atoms with Gasteiger partial charge in [-0.1, -0.05) is 36.4 Å². The van der Waals surface area contributed by atoms with Gasteiger partial charge in [-0.05, 0) is 41.7 Å². The maximum atomic E-state index is 12.7. The number of hydrogen-bond acceptors (Lipinski definition) is 1. The van der Waals surface area contributed by atoms with Gasteiger partial charge >= 0.3 is 6.18 Å². The van der Waals surface area contributed by atoms with Crippen molar-refractivity contribution < 1.29 is 18.0 Å². The fraction of sp³-hybridized carbons (Fsp3) is 0.316. The number of benzene rings is 2. The van der Waals surface area contributed by atoms with Crippen molar-refractivity contribution in [2.75, 3.05) is 12.4 Å². The Morgan fingerprint density at radius 3 is 2.44 bits per heavy atom. The molecule has 25 heavy (non-hydrogen) atoms. The van der Waals surface area contributed by atoms with E-state index in [4.69, 9.17) is 11.6 Å². The van der Waals surface area contributed by atoms with Crippen molar-refractivity contribution >= 4 is 17.5 Å². The van der Waals surface area contributed by atoms with Gasteiger partial charge in [-0.15, -0.1) is 11.6 Å². The van der Waals surface area contributed by atoms with Gasteiger partial charge in [0.1, 0.15) is 5.88 Å². The molecule has 1 unspecified atom stereocenters. The fourth-order valence-corrected chi connectivity index (χ4v) is 3.45. The second-order valence-electron chi connectivity index (χ2n) is 6.08. The topological polar surface area (TPSA) is 20.3 Å². The Labute approximate surface area is 149 Å². The number of nitrogens with zero attached hydrogens (tertiary/aromatic N) is 1. The fourth-order valence-electron chi connectivity index (χ4n) is 3.30. The molecule has 6 heteroatoms. The molecule has 2 nitrogen and oxygen atoms in total. The first-order valence-corrected chi connectivity index (χ1v) is 8.53. The van der Waals surface area contributed by atoms with Crippen LogP contribution in [0.3, 0.4) is 0 Å². The van der Waals surface area contributed by atoms with E-state index in [1.165, 1.54) is 12.1 Å². The van der Waals surface area contributed by atoms with E-state index in [0.29, 0.717) is 13.0 Å². The molecule has 1 heterocycles. The summed E-state index contributed by atoms with van der Waals surface area (Å²) in [6, 6.07) is 12.8. The first kappa shape index (κ1) is 17.8. The molecule has 0 bridgehead atoms. The van der Waals surface area contributed by atoms with Crippen molar-refractivity contribution in [3.8, 4) is 0 Å². The largest absolute Gasteiger partial charge is 0.416 e. The van der Waals surface area contributed by atoms with Crippen LogP contribution in [0.5, 0.6) is 0 Å². The number of halogens is 4. The molecule has 0 radical (unpaired) electrons. The minimum Gasteiger partial charge on any atom is -0.334 e. The monoisotopic (exact) mass is 367 g/mol. The highest BCUT2D eigenvalue weighted by Crippen LogP contribution is 2.34. The van der Waals surface area contributed by atoms with Crippen LogP contribution in [0.15, 0.2) is 48.5 Å². The number of alkyl halides is 4. The summed E-state index contributed by atoms with van der Waals surface area (Å²) >= 11 is 5.74. The van der Waals surface area contributed by atoms with Crippen LogP contribution in [0.25, 0.3) is 0 Å². The summed E-state index contributed by atoms with van der Waals surface area (Å²) in [5.41, 5.74) is 2.28. The standard InChI is InChI=1S/C19H17ClF3NO/c20-12-18(25)24-10-9-14-3-1-2-4-16(14)17(24)11-13-5-7-15(8-6-13)19(21,22)23/h1-8,17H,9-12H2. The van der Waals surface area contributed by atoms with E-state index in [0.717, 1.165) is 35.2 Å². The van der Waals surface area contributed by atoms with Crippen molar-refractivity contribution in [3.63, 3.8) is 0 Å². The van der Waals surface area contributed by atoms with Gasteiger partial charge in [0.05, 0.1) is 11.6 Å². The number of carbonyl (C=O) groups is 1. The van der Waals surface area contributed by atoms with E-state index in [1.807, 2.05) is 24.3 Å². The summed E-state index contributed by atoms with van der Waals surface area (Å²) in [4.78, 5) is 13.9. The number of amides is 1. The quantitative estimate of drug-likeness (QED) is 0.725. The predicted molar refractivity (Wildman–Crippen MR) is 90.5 cm³/mol. The summed E-state index contributed by atoms with van der Waals surface area (Å²) in [6.45, 7) is 0.563. The molecule has 3 rings (SSSR count). The van der Waals surface area contributed by atoms with E-state index < -0.39 is 11.7 Å². The molecule has 0 spiro atoms. The van der Waals surface area contributed by atoms with Crippen LogP contribution in [-0.2, 0) is 23.8 Å². The van der Waals surface area contributed by atoms with Gasteiger partial charge < -0.3 is 4.90 Å². The van der Waals surface area contributed by atoms with Gasteiger partial charge in [0.25, 0.3) is 0 Å². The van der Waals surface area contributed by atoms with Crippen LogP contribution in [0.2, 0.25) is 0 Å². The molecule has 0 aliphatic carbocycles. The van der Waals surface area contributed by atoms with Crippen molar-refractivity contribution in [2.24, 2.45) is 0 Å². The predicted octanol–water partition coefficient (Wildman–Crippen LogP) is 4.61. The molecule has 1 aliphatic rings. The van der Waals surface area contributed by atoms with Gasteiger partial charge in [0.15, 0.2) is 0 Å². The molecule has 1 aliphatic heterocycles. The third kappa shape index (κ3) is 3.82. The van der Waals surface area contributed by atoms with Crippen molar-refractivity contribution in [2.45, 2.75) is 25.1 Å². The van der Waals surface area contributed by atoms with E-state index in [9.17, 15) is 18.0 Å². The molecule has 0 aromatic heterocycles. The third-order valence-corrected chi connectivity index (χ3v) is 4.79. The zero-order valence-corrected chi connectivity index (χ0v) is 14.1. The molecule has 0 N–H and O–H groups in total. The average Bonchev–Trinajstić information content (AvgIpc) is 2.61. The highest BCUT2D eigenvalue weighted by molar-refractivity contribution is 6.27. The highest BCUT2D eigenvalue weighted by Gasteiger charge is 2.32. The van der Waals surface area contributed by atoms with Crippen molar-refractivity contribution in [1.29, 1.82) is 0 Å². The van der Waals surface area contributed by atoms with Crippen LogP contribution >= 0.6 is 11.6 Å². The molecule has 0 fully saturated rings. The van der Waals surface area contributed by atoms with E-state index in [-0.39, 0.29) is 17.8 Å². The molecule has 1 amide bonds. The van der Waals surface area contributed by atoms with Crippen molar-refractivity contribution in [1.82, 2.24) is 4.90 Å². The second kappa shape index (κ2) is 7.08. The van der Waals surface area contributed by atoms with Gasteiger partial charge in [0, 0.05) is 6.54 Å². The van der Waals surface area contributed by atoms with E-state index in [2.05, 4.69) is 0 Å². The zero-order chi connectivity index (χ0) is 18.0. The van der Waals surface area contributed by atoms with Crippen LogP contribution in [0.4, 0.5) is 13.2 Å². The lowest BCUT2D eigenvalue weighted by molar-refractivity contribution is -0.137. The Hall–Kier alpha value is -2.01. The Morgan fingerprint density at radius 1 is 1.12 bits per heavy atom. The first-order chi connectivity index (χ1) is 11.9. The Kier molecular flexibility index (Phi) is 5.04. The van der Waals surface area contributed by atoms with Crippen LogP contribution in [0.1, 0.15) is 28.3 Å². The maximum Gasteiger partial charge on any atom is 0.416 e. The maximum absolute atomic E-state index is 12.7. The lowest BCUT2D eigenvalue weighted by atomic mass is 9.88. The molecular weight excluding hydrogens is 351 g/mol. The Morgan fingerprint density at radius 2 is 1.80 bits per heavy atom. The molecule has 0 saturated heterocycles. The number of rotatable bonds is 3. The summed E-state index contributed by atoms with van der Waals surface area (Å²) in [6.07, 6.45) is -3.14. The van der Waals surface area contributed by atoms with Crippen LogP contribution in [-0.4, -0.2) is 23.2 Å². The van der Waals surface area contributed by atoms with Crippen LogP contribution in [0, 0.1) is 0 Å². The first-order valence-electron chi connectivity index (χ1n) is 7.99. The van der Waals surface area contributed by atoms with Gasteiger partial charge in [-0.25, -0.2) is 0 Å². The summed E-state index contributed by atoms with van der Waals surface area (Å²) in [5.74, 6) is -0.265. The molecule has 0 saturated carbocycles. The van der Waals surface area contributed by atoms with Gasteiger partial charge in [-0.2, -0.15) is 13.2 Å². The lowest BCUT2D eigenvalue weighted by Crippen LogP contribution is -2.41. The average molecular weight is 368 g/mol. The number of fused-ring (bicyclic) bond motifs is 1. The minimum atomic E-state index is -4.35.